The molecular formula is C26H27F2N5O3. The number of hydrogen-bond donors (Lipinski definition) is 0. The van der Waals surface area contributed by atoms with Crippen LogP contribution in [-0.4, -0.2) is 61.5 Å². The monoisotopic (exact) mass is 495 g/mol. The van der Waals surface area contributed by atoms with Gasteiger partial charge in [0.1, 0.15) is 40.7 Å². The van der Waals surface area contributed by atoms with Gasteiger partial charge in [-0.1, -0.05) is 12.1 Å². The van der Waals surface area contributed by atoms with Gasteiger partial charge in [0.2, 0.25) is 0 Å². The molecule has 1 aliphatic heterocycles. The highest BCUT2D eigenvalue weighted by Gasteiger charge is 2.32. The minimum Gasteiger partial charge on any atom is -0.485 e. The molecule has 0 radical (unpaired) electrons. The van der Waals surface area contributed by atoms with Crippen LogP contribution < -0.4 is 4.74 Å². The fraction of sp³-hybridized carbons (Fsp3) is 0.385. The summed E-state index contributed by atoms with van der Waals surface area (Å²) in [6, 6.07) is 11.6. The van der Waals surface area contributed by atoms with Crippen molar-refractivity contribution in [2.24, 2.45) is 0 Å². The van der Waals surface area contributed by atoms with Crippen LogP contribution in [0, 0.1) is 5.82 Å². The Balaban J connectivity index is 1.43. The van der Waals surface area contributed by atoms with Gasteiger partial charge in [-0.3, -0.25) is 4.40 Å². The van der Waals surface area contributed by atoms with Crippen molar-refractivity contribution in [1.29, 1.82) is 0 Å². The lowest BCUT2D eigenvalue weighted by atomic mass is 10.1. The van der Waals surface area contributed by atoms with E-state index in [2.05, 4.69) is 15.2 Å². The van der Waals surface area contributed by atoms with Gasteiger partial charge in [0.15, 0.2) is 11.5 Å². The number of likely N-dealkylation sites (tertiary alicyclic amines) is 1. The van der Waals surface area contributed by atoms with E-state index in [-0.39, 0.29) is 31.7 Å². The van der Waals surface area contributed by atoms with E-state index in [0.717, 1.165) is 0 Å². The van der Waals surface area contributed by atoms with E-state index in [4.69, 9.17) is 9.47 Å². The van der Waals surface area contributed by atoms with Gasteiger partial charge in [0.05, 0.1) is 0 Å². The molecule has 1 aromatic carbocycles. The number of halogens is 2. The summed E-state index contributed by atoms with van der Waals surface area (Å²) in [6.07, 6.45) is -0.567. The predicted molar refractivity (Wildman–Crippen MR) is 130 cm³/mol. The Labute approximate surface area is 206 Å². The first-order valence-electron chi connectivity index (χ1n) is 11.9. The van der Waals surface area contributed by atoms with E-state index < -0.39 is 29.8 Å². The quantitative estimate of drug-likeness (QED) is 0.389. The fourth-order valence-corrected chi connectivity index (χ4v) is 4.24. The lowest BCUT2D eigenvalue weighted by molar-refractivity contribution is 0.0252. The molecule has 4 heterocycles. The highest BCUT2D eigenvalue weighted by Crippen LogP contribution is 2.31. The minimum absolute atomic E-state index is 0.0849. The maximum Gasteiger partial charge on any atom is 0.410 e. The first-order valence-corrected chi connectivity index (χ1v) is 11.9. The van der Waals surface area contributed by atoms with E-state index in [1.54, 1.807) is 37.3 Å². The largest absolute Gasteiger partial charge is 0.485 e. The number of benzene rings is 1. The summed E-state index contributed by atoms with van der Waals surface area (Å²) in [6.45, 7) is 5.82. The van der Waals surface area contributed by atoms with Crippen LogP contribution in [0.4, 0.5) is 13.6 Å². The van der Waals surface area contributed by atoms with Crippen LogP contribution in [-0.2, 0) is 4.74 Å². The fourth-order valence-electron chi connectivity index (χ4n) is 4.24. The average molecular weight is 496 g/mol. The number of pyridine rings is 2. The second-order valence-electron chi connectivity index (χ2n) is 9.84. The van der Waals surface area contributed by atoms with E-state index in [1.807, 2.05) is 24.4 Å². The Morgan fingerprint density at radius 3 is 2.69 bits per heavy atom. The molecule has 36 heavy (non-hydrogen) atoms. The Morgan fingerprint density at radius 1 is 1.08 bits per heavy atom. The van der Waals surface area contributed by atoms with Gasteiger partial charge >= 0.3 is 6.09 Å². The minimum atomic E-state index is -1.35. The van der Waals surface area contributed by atoms with Crippen molar-refractivity contribution < 1.29 is 23.0 Å². The summed E-state index contributed by atoms with van der Waals surface area (Å²) < 4.78 is 42.8. The van der Waals surface area contributed by atoms with Gasteiger partial charge in [-0.05, 0) is 51.5 Å². The number of amides is 1. The zero-order valence-corrected chi connectivity index (χ0v) is 20.3. The molecule has 1 amide bonds. The highest BCUT2D eigenvalue weighted by atomic mass is 19.1. The molecule has 188 valence electrons. The summed E-state index contributed by atoms with van der Waals surface area (Å²) in [4.78, 5) is 18.6. The molecule has 0 N–H and O–H groups in total. The summed E-state index contributed by atoms with van der Waals surface area (Å²) in [5, 5.41) is 8.91. The van der Waals surface area contributed by atoms with Crippen molar-refractivity contribution in [3.63, 3.8) is 0 Å². The van der Waals surface area contributed by atoms with Crippen molar-refractivity contribution in [2.45, 2.75) is 51.5 Å². The van der Waals surface area contributed by atoms with Crippen molar-refractivity contribution in [3.8, 4) is 17.3 Å². The molecule has 2 atom stereocenters. The summed E-state index contributed by atoms with van der Waals surface area (Å²) >= 11 is 0. The summed E-state index contributed by atoms with van der Waals surface area (Å²) in [5.74, 6) is 0.145. The Morgan fingerprint density at radius 2 is 1.89 bits per heavy atom. The third-order valence-electron chi connectivity index (χ3n) is 5.96. The second kappa shape index (κ2) is 9.33. The highest BCUT2D eigenvalue weighted by molar-refractivity contribution is 5.86. The number of carbonyl (C=O) groups excluding carboxylic acids is 1. The van der Waals surface area contributed by atoms with Crippen molar-refractivity contribution >= 4 is 22.6 Å². The zero-order chi connectivity index (χ0) is 25.4. The average Bonchev–Trinajstić information content (AvgIpc) is 3.17. The molecule has 1 saturated heterocycles. The third-order valence-corrected chi connectivity index (χ3v) is 5.96. The topological polar surface area (TPSA) is 81.8 Å². The Bertz CT molecular complexity index is 1420. The van der Waals surface area contributed by atoms with E-state index in [9.17, 15) is 9.18 Å². The normalized spacial score (nSPS) is 18.9. The first kappa shape index (κ1) is 23.9. The number of carbonyl (C=O) groups is 1. The van der Waals surface area contributed by atoms with Crippen LogP contribution in [0.3, 0.4) is 0 Å². The second-order valence-corrected chi connectivity index (χ2v) is 9.84. The Kier molecular flexibility index (Phi) is 6.19. The van der Waals surface area contributed by atoms with Gasteiger partial charge in [-0.25, -0.2) is 18.6 Å². The van der Waals surface area contributed by atoms with E-state index >= 15 is 4.39 Å². The standard InChI is InChI=1S/C26H27F2N5O3/c1-26(2,3)36-25(34)32-12-9-18(28)20(10-13-32)35-21-15-17(27)14-16-7-8-19(29-23(16)21)24-31-30-22-6-4-5-11-33(22)24/h4-8,11,14-15,18,20H,9-10,12-13H2,1-3H3/t18-,20+/m0/s1. The number of nitrogens with zero attached hydrogens (tertiary/aromatic N) is 5. The van der Waals surface area contributed by atoms with Crippen LogP contribution in [0.5, 0.6) is 5.75 Å². The zero-order valence-electron chi connectivity index (χ0n) is 20.3. The number of alkyl halides is 1. The number of aromatic nitrogens is 4. The molecule has 0 saturated carbocycles. The lowest BCUT2D eigenvalue weighted by Crippen LogP contribution is -2.37. The van der Waals surface area contributed by atoms with Crippen molar-refractivity contribution in [3.05, 3.63) is 54.5 Å². The molecule has 3 aromatic heterocycles. The maximum atomic E-state index is 15.1. The summed E-state index contributed by atoms with van der Waals surface area (Å²) in [5.41, 5.74) is 0.931. The van der Waals surface area contributed by atoms with Crippen molar-refractivity contribution in [2.75, 3.05) is 13.1 Å². The van der Waals surface area contributed by atoms with Crippen LogP contribution in [0.25, 0.3) is 28.1 Å². The summed E-state index contributed by atoms with van der Waals surface area (Å²) in [7, 11) is 0. The van der Waals surface area contributed by atoms with Gasteiger partial charge in [-0.2, -0.15) is 0 Å². The lowest BCUT2D eigenvalue weighted by Gasteiger charge is -2.26. The number of rotatable bonds is 3. The molecule has 0 aliphatic carbocycles. The first-order chi connectivity index (χ1) is 17.2. The van der Waals surface area contributed by atoms with Gasteiger partial charge in [0, 0.05) is 37.2 Å². The SMILES string of the molecule is CC(C)(C)OC(=O)N1CC[C@H](F)[C@H](Oc2cc(F)cc3ccc(-c4nnc5ccccn45)nc23)CC1. The van der Waals surface area contributed by atoms with Gasteiger partial charge < -0.3 is 14.4 Å². The van der Waals surface area contributed by atoms with E-state index in [1.165, 1.54) is 17.0 Å². The molecule has 0 unspecified atom stereocenters. The maximum absolute atomic E-state index is 15.1. The van der Waals surface area contributed by atoms with Gasteiger partial charge in [0.25, 0.3) is 0 Å². The van der Waals surface area contributed by atoms with Crippen LogP contribution >= 0.6 is 0 Å². The van der Waals surface area contributed by atoms with Crippen molar-refractivity contribution in [1.82, 2.24) is 24.5 Å². The number of ether oxygens (including phenoxy) is 2. The molecule has 1 aliphatic rings. The number of hydrogen-bond acceptors (Lipinski definition) is 6. The van der Waals surface area contributed by atoms with Crippen LogP contribution in [0.1, 0.15) is 33.6 Å². The third kappa shape index (κ3) is 4.93. The predicted octanol–water partition coefficient (Wildman–Crippen LogP) is 5.20. The molecule has 10 heteroatoms. The molecular weight excluding hydrogens is 468 g/mol. The molecule has 4 aromatic rings. The molecule has 8 nitrogen and oxygen atoms in total. The smallest absolute Gasteiger partial charge is 0.410 e. The molecule has 0 spiro atoms. The Hall–Kier alpha value is -3.82. The van der Waals surface area contributed by atoms with Crippen LogP contribution in [0.2, 0.25) is 0 Å². The van der Waals surface area contributed by atoms with Gasteiger partial charge in [-0.15, -0.1) is 10.2 Å². The van der Waals surface area contributed by atoms with E-state index in [0.29, 0.717) is 28.1 Å². The molecule has 5 rings (SSSR count). The molecule has 1 fully saturated rings. The molecule has 0 bridgehead atoms. The van der Waals surface area contributed by atoms with Crippen LogP contribution in [0.15, 0.2) is 48.7 Å². The number of fused-ring (bicyclic) bond motifs is 2.